The van der Waals surface area contributed by atoms with Gasteiger partial charge in [0.15, 0.2) is 0 Å². The van der Waals surface area contributed by atoms with Gasteiger partial charge in [-0.2, -0.15) is 11.8 Å². The molecule has 5 heteroatoms. The van der Waals surface area contributed by atoms with E-state index in [-0.39, 0.29) is 18.4 Å². The molecule has 1 aliphatic rings. The number of carbonyl (C=O) groups is 2. The largest absolute Gasteiger partial charge is 0.481 e. The SMILES string of the molecule is CCC(CSC)NC(=O)CC1(C(=O)O)CCCC1. The lowest BCUT2D eigenvalue weighted by Gasteiger charge is -2.24. The van der Waals surface area contributed by atoms with E-state index in [4.69, 9.17) is 0 Å². The minimum absolute atomic E-state index is 0.111. The van der Waals surface area contributed by atoms with Gasteiger partial charge in [0.2, 0.25) is 5.91 Å². The maximum absolute atomic E-state index is 12.0. The minimum Gasteiger partial charge on any atom is -0.481 e. The minimum atomic E-state index is -0.812. The van der Waals surface area contributed by atoms with Gasteiger partial charge in [0.25, 0.3) is 0 Å². The van der Waals surface area contributed by atoms with E-state index in [2.05, 4.69) is 5.32 Å². The van der Waals surface area contributed by atoms with Gasteiger partial charge >= 0.3 is 5.97 Å². The summed E-state index contributed by atoms with van der Waals surface area (Å²) >= 11 is 1.69. The average Bonchev–Trinajstić information content (AvgIpc) is 2.78. The van der Waals surface area contributed by atoms with Crippen molar-refractivity contribution in [1.82, 2.24) is 5.32 Å². The van der Waals surface area contributed by atoms with Crippen LogP contribution in [0.2, 0.25) is 0 Å². The highest BCUT2D eigenvalue weighted by Gasteiger charge is 2.43. The molecule has 0 heterocycles. The van der Waals surface area contributed by atoms with E-state index < -0.39 is 11.4 Å². The Kier molecular flexibility index (Phi) is 5.99. The summed E-state index contributed by atoms with van der Waals surface area (Å²) in [7, 11) is 0. The topological polar surface area (TPSA) is 66.4 Å². The average molecular weight is 273 g/mol. The molecule has 104 valence electrons. The van der Waals surface area contributed by atoms with Crippen molar-refractivity contribution in [2.45, 2.75) is 51.5 Å². The van der Waals surface area contributed by atoms with Crippen LogP contribution in [0, 0.1) is 5.41 Å². The van der Waals surface area contributed by atoms with Crippen LogP contribution >= 0.6 is 11.8 Å². The predicted octanol–water partition coefficient (Wildman–Crippen LogP) is 2.28. The number of rotatable bonds is 7. The van der Waals surface area contributed by atoms with E-state index in [0.29, 0.717) is 12.8 Å². The highest BCUT2D eigenvalue weighted by Crippen LogP contribution is 2.41. The lowest BCUT2D eigenvalue weighted by Crippen LogP contribution is -2.41. The standard InChI is InChI=1S/C13H23NO3S/c1-3-10(9-18-2)14-11(15)8-13(12(16)17)6-4-5-7-13/h10H,3-9H2,1-2H3,(H,14,15)(H,16,17). The van der Waals surface area contributed by atoms with Crippen molar-refractivity contribution in [3.8, 4) is 0 Å². The Balaban J connectivity index is 2.54. The molecule has 0 radical (unpaired) electrons. The van der Waals surface area contributed by atoms with E-state index in [1.54, 1.807) is 11.8 Å². The Labute approximate surface area is 113 Å². The van der Waals surface area contributed by atoms with Crippen molar-refractivity contribution in [2.75, 3.05) is 12.0 Å². The van der Waals surface area contributed by atoms with E-state index in [9.17, 15) is 14.7 Å². The van der Waals surface area contributed by atoms with Gasteiger partial charge in [-0.3, -0.25) is 9.59 Å². The molecule has 0 aliphatic heterocycles. The number of hydrogen-bond donors (Lipinski definition) is 2. The monoisotopic (exact) mass is 273 g/mol. The quantitative estimate of drug-likeness (QED) is 0.747. The Bertz CT molecular complexity index is 301. The molecular formula is C13H23NO3S. The first-order valence-electron chi connectivity index (χ1n) is 6.56. The molecule has 1 atom stereocenters. The molecule has 18 heavy (non-hydrogen) atoms. The molecule has 0 aromatic carbocycles. The molecule has 2 N–H and O–H groups in total. The summed E-state index contributed by atoms with van der Waals surface area (Å²) in [6.07, 6.45) is 6.12. The van der Waals surface area contributed by atoms with Crippen LogP contribution in [0.25, 0.3) is 0 Å². The number of hydrogen-bond acceptors (Lipinski definition) is 3. The van der Waals surface area contributed by atoms with Crippen molar-refractivity contribution in [3.63, 3.8) is 0 Å². The molecular weight excluding hydrogens is 250 g/mol. The molecule has 0 spiro atoms. The molecule has 0 saturated heterocycles. The van der Waals surface area contributed by atoms with Crippen LogP contribution in [0.5, 0.6) is 0 Å². The highest BCUT2D eigenvalue weighted by molar-refractivity contribution is 7.98. The fourth-order valence-corrected chi connectivity index (χ4v) is 3.29. The third-order valence-electron chi connectivity index (χ3n) is 3.74. The molecule has 4 nitrogen and oxygen atoms in total. The second-order valence-electron chi connectivity index (χ2n) is 5.10. The van der Waals surface area contributed by atoms with E-state index >= 15 is 0 Å². The number of aliphatic carboxylic acids is 1. The number of thioether (sulfide) groups is 1. The molecule has 1 amide bonds. The molecule has 1 unspecified atom stereocenters. The van der Waals surface area contributed by atoms with Gasteiger partial charge < -0.3 is 10.4 Å². The number of carboxylic acid groups (broad SMARTS) is 1. The lowest BCUT2D eigenvalue weighted by atomic mass is 9.82. The van der Waals surface area contributed by atoms with Crippen LogP contribution in [-0.2, 0) is 9.59 Å². The molecule has 1 aliphatic carbocycles. The number of carboxylic acids is 1. The van der Waals surface area contributed by atoms with E-state index in [1.807, 2.05) is 13.2 Å². The fraction of sp³-hybridized carbons (Fsp3) is 0.846. The second-order valence-corrected chi connectivity index (χ2v) is 6.01. The van der Waals surface area contributed by atoms with Crippen molar-refractivity contribution < 1.29 is 14.7 Å². The van der Waals surface area contributed by atoms with Crippen molar-refractivity contribution in [3.05, 3.63) is 0 Å². The Morgan fingerprint density at radius 1 is 1.39 bits per heavy atom. The first kappa shape index (κ1) is 15.3. The first-order valence-corrected chi connectivity index (χ1v) is 7.95. The van der Waals surface area contributed by atoms with Crippen LogP contribution in [-0.4, -0.2) is 35.0 Å². The van der Waals surface area contributed by atoms with Gasteiger partial charge in [-0.05, 0) is 25.5 Å². The zero-order valence-electron chi connectivity index (χ0n) is 11.2. The zero-order valence-corrected chi connectivity index (χ0v) is 12.0. The van der Waals surface area contributed by atoms with Crippen LogP contribution in [0.4, 0.5) is 0 Å². The molecule has 1 fully saturated rings. The van der Waals surface area contributed by atoms with Crippen LogP contribution in [0.15, 0.2) is 0 Å². The van der Waals surface area contributed by atoms with Gasteiger partial charge in [0.05, 0.1) is 5.41 Å². The maximum atomic E-state index is 12.0. The van der Waals surface area contributed by atoms with Crippen LogP contribution in [0.1, 0.15) is 45.4 Å². The third-order valence-corrected chi connectivity index (χ3v) is 4.47. The highest BCUT2D eigenvalue weighted by atomic mass is 32.2. The summed E-state index contributed by atoms with van der Waals surface area (Å²) in [5.74, 6) is -0.0456. The first-order chi connectivity index (χ1) is 8.54. The van der Waals surface area contributed by atoms with Crippen LogP contribution < -0.4 is 5.32 Å². The normalized spacial score (nSPS) is 19.4. The lowest BCUT2D eigenvalue weighted by molar-refractivity contribution is -0.151. The van der Waals surface area contributed by atoms with Crippen molar-refractivity contribution in [2.24, 2.45) is 5.41 Å². The maximum Gasteiger partial charge on any atom is 0.310 e. The van der Waals surface area contributed by atoms with E-state index in [0.717, 1.165) is 25.0 Å². The summed E-state index contributed by atoms with van der Waals surface area (Å²) in [6, 6.07) is 0.153. The third kappa shape index (κ3) is 3.90. The Morgan fingerprint density at radius 3 is 2.44 bits per heavy atom. The molecule has 0 aromatic heterocycles. The molecule has 0 aromatic rings. The fourth-order valence-electron chi connectivity index (χ4n) is 2.57. The zero-order chi connectivity index (χ0) is 13.6. The van der Waals surface area contributed by atoms with Gasteiger partial charge in [-0.25, -0.2) is 0 Å². The van der Waals surface area contributed by atoms with Crippen molar-refractivity contribution in [1.29, 1.82) is 0 Å². The Hall–Kier alpha value is -0.710. The predicted molar refractivity (Wildman–Crippen MR) is 73.8 cm³/mol. The van der Waals surface area contributed by atoms with Gasteiger partial charge in [0.1, 0.15) is 0 Å². The summed E-state index contributed by atoms with van der Waals surface area (Å²) < 4.78 is 0. The van der Waals surface area contributed by atoms with Crippen molar-refractivity contribution >= 4 is 23.6 Å². The number of amides is 1. The second kappa shape index (κ2) is 7.02. The summed E-state index contributed by atoms with van der Waals surface area (Å²) in [4.78, 5) is 23.3. The summed E-state index contributed by atoms with van der Waals surface area (Å²) in [6.45, 7) is 2.03. The molecule has 1 rings (SSSR count). The summed E-state index contributed by atoms with van der Waals surface area (Å²) in [5.41, 5.74) is -0.804. The molecule has 1 saturated carbocycles. The van der Waals surface area contributed by atoms with Crippen LogP contribution in [0.3, 0.4) is 0 Å². The molecule has 0 bridgehead atoms. The smallest absolute Gasteiger partial charge is 0.310 e. The van der Waals surface area contributed by atoms with E-state index in [1.165, 1.54) is 0 Å². The number of carbonyl (C=O) groups excluding carboxylic acids is 1. The van der Waals surface area contributed by atoms with Gasteiger partial charge in [0, 0.05) is 18.2 Å². The summed E-state index contributed by atoms with van der Waals surface area (Å²) in [5, 5.41) is 12.3. The Morgan fingerprint density at radius 2 is 2.00 bits per heavy atom. The van der Waals surface area contributed by atoms with Gasteiger partial charge in [-0.1, -0.05) is 19.8 Å². The van der Waals surface area contributed by atoms with Gasteiger partial charge in [-0.15, -0.1) is 0 Å². The number of nitrogens with one attached hydrogen (secondary N) is 1.